The van der Waals surface area contributed by atoms with E-state index in [0.29, 0.717) is 4.44 Å². The van der Waals surface area contributed by atoms with Crippen molar-refractivity contribution >= 4 is 31.6 Å². The van der Waals surface area contributed by atoms with Gasteiger partial charge in [0.1, 0.15) is 0 Å². The molecule has 0 radical (unpaired) electrons. The van der Waals surface area contributed by atoms with E-state index in [1.807, 2.05) is 13.8 Å². The third-order valence-electron chi connectivity index (χ3n) is 3.70. The van der Waals surface area contributed by atoms with Gasteiger partial charge in [-0.25, -0.2) is 0 Å². The van der Waals surface area contributed by atoms with Gasteiger partial charge in [-0.1, -0.05) is 0 Å². The van der Waals surface area contributed by atoms with Crippen LogP contribution in [-0.4, -0.2) is 37.2 Å². The van der Waals surface area contributed by atoms with Crippen LogP contribution in [0.25, 0.3) is 0 Å². The predicted octanol–water partition coefficient (Wildman–Crippen LogP) is 2.28. The Morgan fingerprint density at radius 1 is 1.06 bits per heavy atom. The second-order valence-corrected chi connectivity index (χ2v) is 12.9. The van der Waals surface area contributed by atoms with E-state index in [1.165, 1.54) is 13.8 Å². The van der Waals surface area contributed by atoms with Gasteiger partial charge in [0, 0.05) is 0 Å². The minimum atomic E-state index is -4.07. The van der Waals surface area contributed by atoms with Gasteiger partial charge >= 0.3 is 114 Å². The standard InChI is InChI=1S/C8H16O.2C2H4O2.Sn/c1-6-7(2,3)8(4,5)9;2*1-2(3)4;/h1,6H2,2-5H3;2*1H3,(H,3,4);/q-1;;;+3/p-2. The summed E-state index contributed by atoms with van der Waals surface area (Å²) in [5, 5.41) is 0. The van der Waals surface area contributed by atoms with Crippen LogP contribution in [0, 0.1) is 5.41 Å². The average Bonchev–Trinajstić information content (AvgIpc) is 2.09. The Morgan fingerprint density at radius 3 is 1.83 bits per heavy atom. The second kappa shape index (κ2) is 5.00. The van der Waals surface area contributed by atoms with Crippen molar-refractivity contribution in [3.8, 4) is 0 Å². The van der Waals surface area contributed by atoms with Gasteiger partial charge in [0.05, 0.1) is 0 Å². The van der Waals surface area contributed by atoms with Crippen LogP contribution in [0.3, 0.4) is 0 Å². The molecule has 5 nitrogen and oxygen atoms in total. The van der Waals surface area contributed by atoms with Crippen molar-refractivity contribution in [2.24, 2.45) is 5.41 Å². The first-order valence-corrected chi connectivity index (χ1v) is 11.6. The van der Waals surface area contributed by atoms with Crippen LogP contribution in [0.2, 0.25) is 4.44 Å². The normalized spacial score (nSPS) is 24.1. The summed E-state index contributed by atoms with van der Waals surface area (Å²) in [6.45, 7) is 10.7. The molecule has 0 N–H and O–H groups in total. The quantitative estimate of drug-likeness (QED) is 0.703. The van der Waals surface area contributed by atoms with Crippen molar-refractivity contribution in [3.05, 3.63) is 0 Å². The van der Waals surface area contributed by atoms with Crippen molar-refractivity contribution in [3.63, 3.8) is 0 Å². The summed E-state index contributed by atoms with van der Waals surface area (Å²) in [7, 11) is 0. The van der Waals surface area contributed by atoms with Crippen molar-refractivity contribution in [2.75, 3.05) is 0 Å². The van der Waals surface area contributed by atoms with E-state index < -0.39 is 37.2 Å². The molecule has 0 atom stereocenters. The van der Waals surface area contributed by atoms with Crippen LogP contribution >= 0.6 is 0 Å². The van der Waals surface area contributed by atoms with Crippen LogP contribution in [0.1, 0.15) is 48.0 Å². The number of hydrogen-bond acceptors (Lipinski definition) is 5. The van der Waals surface area contributed by atoms with Crippen molar-refractivity contribution in [1.29, 1.82) is 0 Å². The second-order valence-electron chi connectivity index (χ2n) is 5.87. The first-order chi connectivity index (χ1) is 8.00. The summed E-state index contributed by atoms with van der Waals surface area (Å²) in [5.41, 5.74) is -0.528. The Kier molecular flexibility index (Phi) is 4.37. The van der Waals surface area contributed by atoms with E-state index in [0.717, 1.165) is 6.42 Å². The molecule has 0 saturated carbocycles. The van der Waals surface area contributed by atoms with E-state index in [-0.39, 0.29) is 5.41 Å². The van der Waals surface area contributed by atoms with Crippen LogP contribution in [0.4, 0.5) is 0 Å². The number of carbonyl (C=O) groups is 2. The fourth-order valence-corrected chi connectivity index (χ4v) is 11.3. The first-order valence-electron chi connectivity index (χ1n) is 6.09. The molecule has 0 unspecified atom stereocenters. The molecule has 104 valence electrons. The van der Waals surface area contributed by atoms with Crippen LogP contribution in [0.5, 0.6) is 0 Å². The molecule has 1 rings (SSSR count). The van der Waals surface area contributed by atoms with Gasteiger partial charge in [-0.3, -0.25) is 0 Å². The number of rotatable bonds is 2. The molecule has 0 spiro atoms. The summed E-state index contributed by atoms with van der Waals surface area (Å²) in [6.07, 6.45) is 0.816. The van der Waals surface area contributed by atoms with Gasteiger partial charge in [0.2, 0.25) is 0 Å². The third kappa shape index (κ3) is 3.38. The zero-order valence-corrected chi connectivity index (χ0v) is 14.8. The molecule has 1 heterocycles. The molecule has 1 aliphatic rings. The topological polar surface area (TPSA) is 61.8 Å². The Balaban J connectivity index is 3.00. The Hall–Kier alpha value is -0.301. The van der Waals surface area contributed by atoms with E-state index in [1.54, 1.807) is 0 Å². The molecule has 0 aromatic rings. The zero-order chi connectivity index (χ0) is 14.2. The molecule has 18 heavy (non-hydrogen) atoms. The number of carbonyl (C=O) groups excluding carboxylic acids is 2. The predicted molar refractivity (Wildman–Crippen MR) is 67.7 cm³/mol. The maximum atomic E-state index is 11.2. The SMILES string of the molecule is CC(=O)[O][Sn]1([O]C(C)=O)[CH2]CC(C)(C)C(C)(C)[O]1. The van der Waals surface area contributed by atoms with E-state index in [2.05, 4.69) is 13.8 Å². The molecular formula is C12H22O5Sn. The minimum absolute atomic E-state index is 0.0479. The third-order valence-corrected chi connectivity index (χ3v) is 11.9. The summed E-state index contributed by atoms with van der Waals surface area (Å²) in [5.74, 6) is -0.884. The molecule has 6 heteroatoms. The van der Waals surface area contributed by atoms with Crippen molar-refractivity contribution in [2.45, 2.75) is 58.0 Å². The first kappa shape index (κ1) is 15.8. The molecule has 1 aliphatic heterocycles. The van der Waals surface area contributed by atoms with Gasteiger partial charge in [-0.15, -0.1) is 0 Å². The van der Waals surface area contributed by atoms with Gasteiger partial charge in [-0.2, -0.15) is 0 Å². The van der Waals surface area contributed by atoms with Crippen molar-refractivity contribution in [1.82, 2.24) is 0 Å². The summed E-state index contributed by atoms with van der Waals surface area (Å²) < 4.78 is 17.2. The molecule has 0 amide bonds. The molecule has 1 fully saturated rings. The van der Waals surface area contributed by atoms with Crippen LogP contribution in [0.15, 0.2) is 0 Å². The Bertz CT molecular complexity index is 345. The molecule has 0 aliphatic carbocycles. The Morgan fingerprint density at radius 2 is 1.50 bits per heavy atom. The van der Waals surface area contributed by atoms with E-state index in [4.69, 9.17) is 9.22 Å². The molecule has 0 aromatic heterocycles. The molecule has 0 bridgehead atoms. The summed E-state index contributed by atoms with van der Waals surface area (Å²) in [6, 6.07) is 0. The fourth-order valence-electron chi connectivity index (χ4n) is 1.95. The van der Waals surface area contributed by atoms with Gasteiger partial charge in [0.25, 0.3) is 0 Å². The zero-order valence-electron chi connectivity index (χ0n) is 12.0. The molecular weight excluding hydrogens is 343 g/mol. The molecule has 0 aromatic carbocycles. The van der Waals surface area contributed by atoms with Gasteiger partial charge in [0.15, 0.2) is 0 Å². The monoisotopic (exact) mass is 366 g/mol. The summed E-state index contributed by atoms with van der Waals surface area (Å²) >= 11 is -4.07. The Labute approximate surface area is 114 Å². The summed E-state index contributed by atoms with van der Waals surface area (Å²) in [4.78, 5) is 22.5. The molecule has 1 saturated heterocycles. The van der Waals surface area contributed by atoms with Gasteiger partial charge < -0.3 is 0 Å². The van der Waals surface area contributed by atoms with Crippen LogP contribution in [-0.2, 0) is 18.8 Å². The average molecular weight is 365 g/mol. The maximum absolute atomic E-state index is 11.2. The van der Waals surface area contributed by atoms with Gasteiger partial charge in [-0.05, 0) is 0 Å². The van der Waals surface area contributed by atoms with Crippen LogP contribution < -0.4 is 0 Å². The van der Waals surface area contributed by atoms with Crippen molar-refractivity contribution < 1.29 is 18.8 Å². The van der Waals surface area contributed by atoms with E-state index >= 15 is 0 Å². The van der Waals surface area contributed by atoms with E-state index in [9.17, 15) is 9.59 Å². The fraction of sp³-hybridized carbons (Fsp3) is 0.833. The number of hydrogen-bond donors (Lipinski definition) is 0.